The molecule has 130 valence electrons. The fraction of sp³-hybridized carbons (Fsp3) is 0.100. The summed E-state index contributed by atoms with van der Waals surface area (Å²) in [5.41, 5.74) is 0.168. The Balaban J connectivity index is 1.70. The number of furan rings is 1. The Morgan fingerprint density at radius 2 is 1.92 bits per heavy atom. The molecule has 0 spiro atoms. The Bertz CT molecular complexity index is 1040. The highest BCUT2D eigenvalue weighted by atomic mass is 32.1. The number of carbonyl (C=O) groups excluding carboxylic acids is 1. The molecule has 0 fully saturated rings. The first-order valence-corrected chi connectivity index (χ1v) is 8.95. The van der Waals surface area contributed by atoms with Crippen LogP contribution in [0, 0.1) is 0 Å². The Hall–Kier alpha value is -3.12. The molecule has 0 N–H and O–H groups in total. The summed E-state index contributed by atoms with van der Waals surface area (Å²) in [5.74, 6) is 0.340. The monoisotopic (exact) mass is 365 g/mol. The fourth-order valence-corrected chi connectivity index (χ4v) is 3.47. The maximum atomic E-state index is 13.0. The molecule has 6 heteroatoms. The van der Waals surface area contributed by atoms with Gasteiger partial charge in [0.15, 0.2) is 11.2 Å². The van der Waals surface area contributed by atoms with Crippen molar-refractivity contribution in [2.75, 3.05) is 0 Å². The second kappa shape index (κ2) is 7.01. The van der Waals surface area contributed by atoms with Crippen molar-refractivity contribution in [3.63, 3.8) is 0 Å². The molecular weight excluding hydrogens is 350 g/mol. The summed E-state index contributed by atoms with van der Waals surface area (Å²) in [4.78, 5) is 28.0. The molecule has 26 heavy (non-hydrogen) atoms. The molecule has 0 unspecified atom stereocenters. The number of hydrogen-bond donors (Lipinski definition) is 0. The molecular formula is C20H15NO4S. The van der Waals surface area contributed by atoms with Gasteiger partial charge in [-0.15, -0.1) is 11.3 Å². The van der Waals surface area contributed by atoms with Crippen LogP contribution < -0.4 is 5.43 Å². The van der Waals surface area contributed by atoms with E-state index in [1.807, 2.05) is 23.6 Å². The zero-order chi connectivity index (χ0) is 17.9. The highest BCUT2D eigenvalue weighted by Gasteiger charge is 2.21. The Morgan fingerprint density at radius 3 is 2.69 bits per heavy atom. The summed E-state index contributed by atoms with van der Waals surface area (Å²) in [6, 6.07) is 15.6. The van der Waals surface area contributed by atoms with E-state index < -0.39 is 0 Å². The number of thiophene rings is 1. The topological polar surface area (TPSA) is 63.7 Å². The van der Waals surface area contributed by atoms with Crippen molar-refractivity contribution in [3.05, 3.63) is 92.9 Å². The van der Waals surface area contributed by atoms with Crippen molar-refractivity contribution >= 4 is 28.2 Å². The van der Waals surface area contributed by atoms with Gasteiger partial charge >= 0.3 is 0 Å². The Kier molecular flexibility index (Phi) is 4.41. The number of benzene rings is 1. The number of amides is 1. The van der Waals surface area contributed by atoms with Crippen LogP contribution in [0.4, 0.5) is 0 Å². The SMILES string of the molecule is O=C(c1cc(=O)c2ccccc2o1)N(Cc1ccco1)Cc1cccs1. The van der Waals surface area contributed by atoms with Gasteiger partial charge in [-0.25, -0.2) is 0 Å². The Morgan fingerprint density at radius 1 is 1.04 bits per heavy atom. The van der Waals surface area contributed by atoms with Crippen LogP contribution in [0.3, 0.4) is 0 Å². The van der Waals surface area contributed by atoms with Crippen molar-refractivity contribution in [1.82, 2.24) is 4.90 Å². The van der Waals surface area contributed by atoms with Gasteiger partial charge < -0.3 is 13.7 Å². The predicted molar refractivity (Wildman–Crippen MR) is 99.1 cm³/mol. The van der Waals surface area contributed by atoms with Gasteiger partial charge in [0.2, 0.25) is 0 Å². The number of fused-ring (bicyclic) bond motifs is 1. The van der Waals surface area contributed by atoms with Crippen LogP contribution in [-0.4, -0.2) is 10.8 Å². The van der Waals surface area contributed by atoms with E-state index in [0.29, 0.717) is 29.8 Å². The van der Waals surface area contributed by atoms with E-state index in [2.05, 4.69) is 0 Å². The third kappa shape index (κ3) is 3.32. The van der Waals surface area contributed by atoms with Gasteiger partial charge in [-0.1, -0.05) is 18.2 Å². The maximum Gasteiger partial charge on any atom is 0.290 e. The van der Waals surface area contributed by atoms with Gasteiger partial charge in [-0.3, -0.25) is 9.59 Å². The van der Waals surface area contributed by atoms with E-state index in [1.165, 1.54) is 6.07 Å². The minimum absolute atomic E-state index is 0.0248. The van der Waals surface area contributed by atoms with Gasteiger partial charge in [-0.2, -0.15) is 0 Å². The second-order valence-corrected chi connectivity index (χ2v) is 6.82. The lowest BCUT2D eigenvalue weighted by Crippen LogP contribution is -2.30. The molecule has 5 nitrogen and oxygen atoms in total. The lowest BCUT2D eigenvalue weighted by atomic mass is 10.2. The third-order valence-corrected chi connectivity index (χ3v) is 4.85. The van der Waals surface area contributed by atoms with E-state index in [1.54, 1.807) is 52.8 Å². The lowest BCUT2D eigenvalue weighted by molar-refractivity contribution is 0.0687. The second-order valence-electron chi connectivity index (χ2n) is 5.79. The average molecular weight is 365 g/mol. The molecule has 3 heterocycles. The number of carbonyl (C=O) groups is 1. The highest BCUT2D eigenvalue weighted by molar-refractivity contribution is 7.09. The van der Waals surface area contributed by atoms with Crippen LogP contribution in [0.1, 0.15) is 21.2 Å². The van der Waals surface area contributed by atoms with Gasteiger partial charge in [0.25, 0.3) is 5.91 Å². The van der Waals surface area contributed by atoms with Crippen molar-refractivity contribution < 1.29 is 13.6 Å². The standard InChI is InChI=1S/C20H15NO4S/c22-17-11-19(25-18-8-2-1-7-16(17)18)20(23)21(12-14-5-3-9-24-14)13-15-6-4-10-26-15/h1-11H,12-13H2. The van der Waals surface area contributed by atoms with Crippen molar-refractivity contribution in [2.45, 2.75) is 13.1 Å². The van der Waals surface area contributed by atoms with Gasteiger partial charge in [0, 0.05) is 10.9 Å². The van der Waals surface area contributed by atoms with E-state index in [9.17, 15) is 9.59 Å². The lowest BCUT2D eigenvalue weighted by Gasteiger charge is -2.20. The molecule has 0 aliphatic carbocycles. The van der Waals surface area contributed by atoms with Crippen LogP contribution in [-0.2, 0) is 13.1 Å². The molecule has 1 aromatic carbocycles. The number of rotatable bonds is 5. The van der Waals surface area contributed by atoms with Gasteiger partial charge in [0.05, 0.1) is 24.7 Å². The first kappa shape index (κ1) is 16.4. The third-order valence-electron chi connectivity index (χ3n) is 3.99. The molecule has 0 radical (unpaired) electrons. The summed E-state index contributed by atoms with van der Waals surface area (Å²) in [7, 11) is 0. The molecule has 0 saturated heterocycles. The summed E-state index contributed by atoms with van der Waals surface area (Å²) < 4.78 is 11.1. The number of nitrogens with zero attached hydrogens (tertiary/aromatic N) is 1. The molecule has 4 rings (SSSR count). The zero-order valence-corrected chi connectivity index (χ0v) is 14.6. The summed E-state index contributed by atoms with van der Waals surface area (Å²) in [6.07, 6.45) is 1.57. The maximum absolute atomic E-state index is 13.0. The molecule has 0 aliphatic heterocycles. The van der Waals surface area contributed by atoms with Crippen LogP contribution in [0.2, 0.25) is 0 Å². The molecule has 0 saturated carbocycles. The largest absolute Gasteiger partial charge is 0.467 e. The molecule has 3 aromatic heterocycles. The van der Waals surface area contributed by atoms with Crippen molar-refractivity contribution in [3.8, 4) is 0 Å². The first-order chi connectivity index (χ1) is 12.7. The quantitative estimate of drug-likeness (QED) is 0.529. The van der Waals surface area contributed by atoms with Crippen LogP contribution in [0.5, 0.6) is 0 Å². The van der Waals surface area contributed by atoms with Crippen LogP contribution in [0.15, 0.2) is 79.9 Å². The minimum atomic E-state index is -0.349. The normalized spacial score (nSPS) is 10.9. The van der Waals surface area contributed by atoms with Crippen molar-refractivity contribution in [1.29, 1.82) is 0 Å². The smallest absolute Gasteiger partial charge is 0.290 e. The van der Waals surface area contributed by atoms with Crippen LogP contribution >= 0.6 is 11.3 Å². The molecule has 0 aliphatic rings. The summed E-state index contributed by atoms with van der Waals surface area (Å²) in [5, 5.41) is 2.42. The predicted octanol–water partition coefficient (Wildman–Crippen LogP) is 4.29. The van der Waals surface area contributed by atoms with E-state index in [0.717, 1.165) is 4.88 Å². The highest BCUT2D eigenvalue weighted by Crippen LogP contribution is 2.19. The van der Waals surface area contributed by atoms with Gasteiger partial charge in [-0.05, 0) is 35.7 Å². The first-order valence-electron chi connectivity index (χ1n) is 8.07. The molecule has 0 bridgehead atoms. The Labute approximate surface area is 153 Å². The summed E-state index contributed by atoms with van der Waals surface area (Å²) in [6.45, 7) is 0.702. The fourth-order valence-electron chi connectivity index (χ4n) is 2.75. The molecule has 1 amide bonds. The molecule has 4 aromatic rings. The van der Waals surface area contributed by atoms with E-state index >= 15 is 0 Å². The van der Waals surface area contributed by atoms with E-state index in [4.69, 9.17) is 8.83 Å². The van der Waals surface area contributed by atoms with E-state index in [-0.39, 0.29) is 17.1 Å². The number of para-hydroxylation sites is 1. The molecule has 0 atom stereocenters. The number of hydrogen-bond acceptors (Lipinski definition) is 5. The summed E-state index contributed by atoms with van der Waals surface area (Å²) >= 11 is 1.57. The van der Waals surface area contributed by atoms with Crippen molar-refractivity contribution in [2.24, 2.45) is 0 Å². The minimum Gasteiger partial charge on any atom is -0.467 e. The van der Waals surface area contributed by atoms with Gasteiger partial charge in [0.1, 0.15) is 11.3 Å². The average Bonchev–Trinajstić information content (AvgIpc) is 3.34. The zero-order valence-electron chi connectivity index (χ0n) is 13.8. The van der Waals surface area contributed by atoms with Crippen LogP contribution in [0.25, 0.3) is 11.0 Å².